The first kappa shape index (κ1) is 17.2. The molecule has 4 heteroatoms. The number of hydrogen-bond acceptors (Lipinski definition) is 0. The minimum absolute atomic E-state index is 0.395. The lowest BCUT2D eigenvalue weighted by atomic mass is 10.3. The van der Waals surface area contributed by atoms with Gasteiger partial charge >= 0.3 is 6.18 Å². The molecule has 0 radical (unpaired) electrons. The van der Waals surface area contributed by atoms with Crippen LogP contribution in [-0.4, -0.2) is 14.3 Å². The molecule has 126 valence electrons. The number of allylic oxidation sites excluding steroid dienone is 1. The molecule has 0 unspecified atom stereocenters. The summed E-state index contributed by atoms with van der Waals surface area (Å²) in [6.45, 7) is 0. The quantitative estimate of drug-likeness (QED) is 0.494. The third-order valence-corrected chi connectivity index (χ3v) is 8.61. The summed E-state index contributed by atoms with van der Waals surface area (Å²) in [6.07, 6.45) is -3.96. The zero-order valence-electron chi connectivity index (χ0n) is 13.4. The maximum Gasteiger partial charge on any atom is 0.409 e. The van der Waals surface area contributed by atoms with Crippen LogP contribution in [0.2, 0.25) is 0 Å². The largest absolute Gasteiger partial charge is 0.409 e. The lowest BCUT2D eigenvalue weighted by Crippen LogP contribution is -2.66. The fourth-order valence-corrected chi connectivity index (χ4v) is 7.28. The van der Waals surface area contributed by atoms with Crippen molar-refractivity contribution in [2.45, 2.75) is 6.18 Å². The summed E-state index contributed by atoms with van der Waals surface area (Å²) in [5, 5.41) is 2.77. The van der Waals surface area contributed by atoms with E-state index in [4.69, 9.17) is 0 Å². The van der Waals surface area contributed by atoms with E-state index in [1.165, 1.54) is 5.70 Å². The average Bonchev–Trinajstić information content (AvgIpc) is 2.64. The van der Waals surface area contributed by atoms with E-state index in [0.29, 0.717) is 6.08 Å². The number of benzene rings is 3. The first-order chi connectivity index (χ1) is 12.0. The molecule has 0 aliphatic carbocycles. The van der Waals surface area contributed by atoms with Gasteiger partial charge in [-0.3, -0.25) is 0 Å². The molecule has 0 atom stereocenters. The second-order valence-electron chi connectivity index (χ2n) is 5.78. The third-order valence-electron chi connectivity index (χ3n) is 4.21. The Hall–Kier alpha value is -2.59. The minimum atomic E-state index is -4.35. The van der Waals surface area contributed by atoms with Crippen molar-refractivity contribution in [3.8, 4) is 0 Å². The van der Waals surface area contributed by atoms with Crippen LogP contribution in [0.1, 0.15) is 0 Å². The first-order valence-corrected chi connectivity index (χ1v) is 10.0. The molecule has 0 saturated carbocycles. The van der Waals surface area contributed by atoms with Gasteiger partial charge in [0.1, 0.15) is 0 Å². The normalized spacial score (nSPS) is 12.4. The van der Waals surface area contributed by atoms with Gasteiger partial charge in [-0.1, -0.05) is 96.7 Å². The molecular formula is C21H17F3Si. The van der Waals surface area contributed by atoms with Crippen LogP contribution in [-0.2, 0) is 0 Å². The smallest absolute Gasteiger partial charge is 0.167 e. The zero-order chi connectivity index (χ0) is 17.8. The maximum atomic E-state index is 13.1. The Balaban J connectivity index is 2.34. The van der Waals surface area contributed by atoms with Gasteiger partial charge in [-0.25, -0.2) is 0 Å². The van der Waals surface area contributed by atoms with Crippen LogP contribution in [0.5, 0.6) is 0 Å². The van der Waals surface area contributed by atoms with E-state index >= 15 is 0 Å². The molecule has 0 aliphatic rings. The molecule has 0 amide bonds. The molecule has 25 heavy (non-hydrogen) atoms. The number of alkyl halides is 3. The first-order valence-electron chi connectivity index (χ1n) is 7.96. The minimum Gasteiger partial charge on any atom is -0.167 e. The van der Waals surface area contributed by atoms with E-state index < -0.39 is 14.3 Å². The Labute approximate surface area is 146 Å². The number of rotatable bonds is 4. The zero-order valence-corrected chi connectivity index (χ0v) is 14.4. The summed E-state index contributed by atoms with van der Waals surface area (Å²) < 4.78 is 39.2. The predicted octanol–water partition coefficient (Wildman–Crippen LogP) is 3.81. The maximum absolute atomic E-state index is 13.1. The Kier molecular flexibility index (Phi) is 4.90. The van der Waals surface area contributed by atoms with E-state index in [1.807, 2.05) is 91.0 Å². The van der Waals surface area contributed by atoms with E-state index in [0.717, 1.165) is 15.6 Å². The standard InChI is InChI=1S/C21H17F3Si/c22-21(23,24)16-17-25(18-10-4-1-5-11-18,19-12-6-2-7-13-19)20-14-8-3-9-15-20/h1-17H. The van der Waals surface area contributed by atoms with Gasteiger partial charge in [-0.2, -0.15) is 13.2 Å². The summed E-state index contributed by atoms with van der Waals surface area (Å²) in [7, 11) is -2.93. The van der Waals surface area contributed by atoms with Crippen molar-refractivity contribution in [1.82, 2.24) is 0 Å². The molecule has 0 aromatic heterocycles. The number of halogens is 3. The Morgan fingerprint density at radius 2 is 0.880 bits per heavy atom. The Morgan fingerprint density at radius 3 is 1.16 bits per heavy atom. The molecule has 0 N–H and O–H groups in total. The van der Waals surface area contributed by atoms with E-state index in [-0.39, 0.29) is 0 Å². The van der Waals surface area contributed by atoms with Crippen LogP contribution in [0.3, 0.4) is 0 Å². The van der Waals surface area contributed by atoms with Gasteiger partial charge in [0.05, 0.1) is 0 Å². The van der Waals surface area contributed by atoms with Crippen molar-refractivity contribution in [2.75, 3.05) is 0 Å². The molecule has 3 aromatic rings. The van der Waals surface area contributed by atoms with Crippen LogP contribution in [0.4, 0.5) is 13.2 Å². The highest BCUT2D eigenvalue weighted by Crippen LogP contribution is 2.19. The van der Waals surface area contributed by atoms with Crippen molar-refractivity contribution < 1.29 is 13.2 Å². The fraction of sp³-hybridized carbons (Fsp3) is 0.0476. The van der Waals surface area contributed by atoms with Crippen LogP contribution < -0.4 is 15.6 Å². The van der Waals surface area contributed by atoms with E-state index in [2.05, 4.69) is 0 Å². The molecule has 3 rings (SSSR count). The SMILES string of the molecule is FC(F)(F)C=C[Si](c1ccccc1)(c1ccccc1)c1ccccc1. The monoisotopic (exact) mass is 354 g/mol. The Morgan fingerprint density at radius 1 is 0.560 bits per heavy atom. The summed E-state index contributed by atoms with van der Waals surface area (Å²) in [4.78, 5) is 0. The molecule has 3 aromatic carbocycles. The van der Waals surface area contributed by atoms with Crippen LogP contribution in [0.15, 0.2) is 103 Å². The highest BCUT2D eigenvalue weighted by Gasteiger charge is 2.38. The van der Waals surface area contributed by atoms with Gasteiger partial charge in [0, 0.05) is 6.08 Å². The van der Waals surface area contributed by atoms with Crippen molar-refractivity contribution in [1.29, 1.82) is 0 Å². The van der Waals surface area contributed by atoms with Crippen LogP contribution in [0.25, 0.3) is 0 Å². The molecule has 0 saturated heterocycles. The lowest BCUT2D eigenvalue weighted by Gasteiger charge is -2.30. The van der Waals surface area contributed by atoms with Crippen LogP contribution in [0, 0.1) is 0 Å². The Bertz CT molecular complexity index is 729. The fourth-order valence-electron chi connectivity index (χ4n) is 3.11. The van der Waals surface area contributed by atoms with Crippen molar-refractivity contribution in [3.63, 3.8) is 0 Å². The molecule has 0 aliphatic heterocycles. The van der Waals surface area contributed by atoms with E-state index in [9.17, 15) is 13.2 Å². The average molecular weight is 354 g/mol. The van der Waals surface area contributed by atoms with Gasteiger partial charge in [-0.05, 0) is 15.6 Å². The third kappa shape index (κ3) is 3.74. The van der Waals surface area contributed by atoms with Gasteiger partial charge in [0.15, 0.2) is 8.07 Å². The van der Waals surface area contributed by atoms with Crippen LogP contribution >= 0.6 is 0 Å². The van der Waals surface area contributed by atoms with Gasteiger partial charge in [0.2, 0.25) is 0 Å². The molecule has 0 nitrogen and oxygen atoms in total. The highest BCUT2D eigenvalue weighted by molar-refractivity contribution is 7.14. The van der Waals surface area contributed by atoms with Crippen molar-refractivity contribution >= 4 is 23.6 Å². The summed E-state index contributed by atoms with van der Waals surface area (Å²) in [5.74, 6) is 0. The second-order valence-corrected chi connectivity index (χ2v) is 9.46. The highest BCUT2D eigenvalue weighted by atomic mass is 28.3. The van der Waals surface area contributed by atoms with E-state index in [1.54, 1.807) is 0 Å². The van der Waals surface area contributed by atoms with Crippen molar-refractivity contribution in [3.05, 3.63) is 103 Å². The topological polar surface area (TPSA) is 0 Å². The molecular weight excluding hydrogens is 337 g/mol. The summed E-state index contributed by atoms with van der Waals surface area (Å²) in [5.41, 5.74) is 1.40. The second kappa shape index (κ2) is 7.11. The lowest BCUT2D eigenvalue weighted by molar-refractivity contribution is -0.0797. The van der Waals surface area contributed by atoms with Crippen molar-refractivity contribution in [2.24, 2.45) is 0 Å². The summed E-state index contributed by atoms with van der Waals surface area (Å²) in [6, 6.07) is 28.5. The van der Waals surface area contributed by atoms with Gasteiger partial charge < -0.3 is 0 Å². The van der Waals surface area contributed by atoms with Gasteiger partial charge in [0.25, 0.3) is 0 Å². The number of hydrogen-bond donors (Lipinski definition) is 0. The summed E-state index contributed by atoms with van der Waals surface area (Å²) >= 11 is 0. The van der Waals surface area contributed by atoms with Gasteiger partial charge in [-0.15, -0.1) is 0 Å². The molecule has 0 fully saturated rings. The molecule has 0 heterocycles. The predicted molar refractivity (Wildman–Crippen MR) is 99.2 cm³/mol. The molecule has 0 spiro atoms. The molecule has 0 bridgehead atoms.